The van der Waals surface area contributed by atoms with E-state index in [1.54, 1.807) is 14.2 Å². The predicted molar refractivity (Wildman–Crippen MR) is 61.8 cm³/mol. The highest BCUT2D eigenvalue weighted by atomic mass is 16.5. The Morgan fingerprint density at radius 3 is 2.69 bits per heavy atom. The number of carbonyl (C=O) groups is 1. The third-order valence-electron chi connectivity index (χ3n) is 2.55. The van der Waals surface area contributed by atoms with Gasteiger partial charge in [0.25, 0.3) is 0 Å². The summed E-state index contributed by atoms with van der Waals surface area (Å²) in [6.07, 6.45) is 0.0717. The van der Waals surface area contributed by atoms with Crippen LogP contribution in [0.3, 0.4) is 0 Å². The lowest BCUT2D eigenvalue weighted by atomic mass is 10.0. The van der Waals surface area contributed by atoms with Crippen molar-refractivity contribution in [3.05, 3.63) is 29.3 Å². The van der Waals surface area contributed by atoms with E-state index in [1.807, 2.05) is 25.1 Å². The number of benzene rings is 1. The maximum atomic E-state index is 10.7. The molecule has 1 unspecified atom stereocenters. The first-order valence-corrected chi connectivity index (χ1v) is 5.12. The lowest BCUT2D eigenvalue weighted by Gasteiger charge is -2.16. The van der Waals surface area contributed by atoms with Crippen LogP contribution < -0.4 is 10.1 Å². The molecule has 0 aliphatic rings. The highest BCUT2D eigenvalue weighted by Gasteiger charge is 2.14. The van der Waals surface area contributed by atoms with E-state index < -0.39 is 5.97 Å². The van der Waals surface area contributed by atoms with Crippen LogP contribution in [0.4, 0.5) is 0 Å². The fourth-order valence-electron chi connectivity index (χ4n) is 1.68. The van der Waals surface area contributed by atoms with Crippen molar-refractivity contribution < 1.29 is 14.6 Å². The van der Waals surface area contributed by atoms with Crippen molar-refractivity contribution in [2.24, 2.45) is 0 Å². The Bertz CT molecular complexity index is 377. The van der Waals surface area contributed by atoms with E-state index in [-0.39, 0.29) is 12.5 Å². The third-order valence-corrected chi connectivity index (χ3v) is 2.55. The number of rotatable bonds is 5. The second kappa shape index (κ2) is 5.51. The van der Waals surface area contributed by atoms with E-state index in [1.165, 1.54) is 0 Å². The first kappa shape index (κ1) is 12.5. The van der Waals surface area contributed by atoms with Gasteiger partial charge in [-0.3, -0.25) is 4.79 Å². The van der Waals surface area contributed by atoms with Crippen LogP contribution in [0.15, 0.2) is 18.2 Å². The zero-order chi connectivity index (χ0) is 12.1. The van der Waals surface area contributed by atoms with Crippen molar-refractivity contribution in [1.82, 2.24) is 5.32 Å². The predicted octanol–water partition coefficient (Wildman–Crippen LogP) is 1.74. The van der Waals surface area contributed by atoms with Crippen LogP contribution in [0.2, 0.25) is 0 Å². The van der Waals surface area contributed by atoms with Crippen LogP contribution in [-0.4, -0.2) is 25.2 Å². The summed E-state index contributed by atoms with van der Waals surface area (Å²) in [6, 6.07) is 5.53. The summed E-state index contributed by atoms with van der Waals surface area (Å²) in [5.41, 5.74) is 1.97. The highest BCUT2D eigenvalue weighted by Crippen LogP contribution is 2.23. The average Bonchev–Trinajstić information content (AvgIpc) is 2.25. The highest BCUT2D eigenvalue weighted by molar-refractivity contribution is 5.68. The topological polar surface area (TPSA) is 58.6 Å². The molecule has 1 aromatic rings. The van der Waals surface area contributed by atoms with Crippen LogP contribution in [0.1, 0.15) is 23.6 Å². The van der Waals surface area contributed by atoms with Gasteiger partial charge in [0.1, 0.15) is 5.75 Å². The van der Waals surface area contributed by atoms with Crippen molar-refractivity contribution in [3.8, 4) is 5.75 Å². The molecule has 0 radical (unpaired) electrons. The van der Waals surface area contributed by atoms with Gasteiger partial charge in [-0.05, 0) is 31.2 Å². The third kappa shape index (κ3) is 2.97. The molecule has 1 rings (SSSR count). The molecule has 0 amide bonds. The van der Waals surface area contributed by atoms with Crippen molar-refractivity contribution in [2.45, 2.75) is 19.4 Å². The molecule has 16 heavy (non-hydrogen) atoms. The van der Waals surface area contributed by atoms with Crippen LogP contribution in [0.5, 0.6) is 5.75 Å². The molecular weight excluding hydrogens is 206 g/mol. The molecule has 1 aromatic carbocycles. The van der Waals surface area contributed by atoms with Gasteiger partial charge in [-0.25, -0.2) is 0 Å². The Labute approximate surface area is 95.2 Å². The molecule has 0 aliphatic heterocycles. The zero-order valence-electron chi connectivity index (χ0n) is 9.78. The van der Waals surface area contributed by atoms with E-state index >= 15 is 0 Å². The normalized spacial score (nSPS) is 12.2. The number of ether oxygens (including phenoxy) is 1. The first-order chi connectivity index (χ1) is 7.58. The van der Waals surface area contributed by atoms with E-state index in [2.05, 4.69) is 5.32 Å². The molecule has 0 fully saturated rings. The number of aliphatic carboxylic acids is 1. The Kier molecular flexibility index (Phi) is 4.31. The number of aryl methyl sites for hydroxylation is 1. The summed E-state index contributed by atoms with van der Waals surface area (Å²) in [5, 5.41) is 11.8. The number of methoxy groups -OCH3 is 1. The van der Waals surface area contributed by atoms with Gasteiger partial charge < -0.3 is 15.2 Å². The lowest BCUT2D eigenvalue weighted by molar-refractivity contribution is -0.137. The molecule has 4 heteroatoms. The number of hydrogen-bond acceptors (Lipinski definition) is 3. The summed E-state index contributed by atoms with van der Waals surface area (Å²) < 4.78 is 5.16. The van der Waals surface area contributed by atoms with Crippen molar-refractivity contribution in [3.63, 3.8) is 0 Å². The maximum absolute atomic E-state index is 10.7. The quantitative estimate of drug-likeness (QED) is 0.798. The minimum atomic E-state index is -0.812. The molecule has 0 aromatic heterocycles. The fraction of sp³-hybridized carbons (Fsp3) is 0.417. The molecule has 1 atom stereocenters. The molecule has 0 saturated heterocycles. The second-order valence-electron chi connectivity index (χ2n) is 3.67. The number of hydrogen-bond donors (Lipinski definition) is 2. The van der Waals surface area contributed by atoms with Crippen LogP contribution in [0, 0.1) is 6.92 Å². The monoisotopic (exact) mass is 223 g/mol. The second-order valence-corrected chi connectivity index (χ2v) is 3.67. The minimum absolute atomic E-state index is 0.0717. The van der Waals surface area contributed by atoms with Crippen LogP contribution in [-0.2, 0) is 4.79 Å². The van der Waals surface area contributed by atoms with Gasteiger partial charge in [-0.1, -0.05) is 12.1 Å². The molecule has 2 N–H and O–H groups in total. The van der Waals surface area contributed by atoms with E-state index in [0.717, 1.165) is 16.9 Å². The Morgan fingerprint density at radius 1 is 1.56 bits per heavy atom. The van der Waals surface area contributed by atoms with Gasteiger partial charge in [-0.15, -0.1) is 0 Å². The summed E-state index contributed by atoms with van der Waals surface area (Å²) in [6.45, 7) is 1.94. The van der Waals surface area contributed by atoms with Crippen molar-refractivity contribution >= 4 is 5.97 Å². The summed E-state index contributed by atoms with van der Waals surface area (Å²) >= 11 is 0. The van der Waals surface area contributed by atoms with Crippen molar-refractivity contribution in [2.75, 3.05) is 14.2 Å². The van der Waals surface area contributed by atoms with Gasteiger partial charge in [0.15, 0.2) is 0 Å². The molecule has 0 aliphatic carbocycles. The number of nitrogens with one attached hydrogen (secondary N) is 1. The van der Waals surface area contributed by atoms with Gasteiger partial charge in [-0.2, -0.15) is 0 Å². The minimum Gasteiger partial charge on any atom is -0.496 e. The zero-order valence-corrected chi connectivity index (χ0v) is 9.78. The molecule has 0 saturated carbocycles. The average molecular weight is 223 g/mol. The van der Waals surface area contributed by atoms with Gasteiger partial charge >= 0.3 is 5.97 Å². The molecule has 0 heterocycles. The van der Waals surface area contributed by atoms with Crippen LogP contribution in [0.25, 0.3) is 0 Å². The number of carboxylic acid groups (broad SMARTS) is 1. The van der Waals surface area contributed by atoms with Gasteiger partial charge in [0, 0.05) is 6.04 Å². The molecule has 4 nitrogen and oxygen atoms in total. The standard InChI is InChI=1S/C12H17NO3/c1-8-6-9(4-5-11(8)16-3)10(13-2)7-12(14)15/h4-6,10,13H,7H2,1-3H3,(H,14,15). The molecule has 0 bridgehead atoms. The number of carboxylic acids is 1. The van der Waals surface area contributed by atoms with Crippen LogP contribution >= 0.6 is 0 Å². The van der Waals surface area contributed by atoms with E-state index in [9.17, 15) is 4.79 Å². The fourth-order valence-corrected chi connectivity index (χ4v) is 1.68. The summed E-state index contributed by atoms with van der Waals surface area (Å²) in [5.74, 6) is 0.00162. The van der Waals surface area contributed by atoms with E-state index in [0.29, 0.717) is 0 Å². The largest absolute Gasteiger partial charge is 0.496 e. The molecule has 88 valence electrons. The SMILES string of the molecule is CNC(CC(=O)O)c1ccc(OC)c(C)c1. The molecular formula is C12H17NO3. The van der Waals surface area contributed by atoms with E-state index in [4.69, 9.17) is 9.84 Å². The Balaban J connectivity index is 2.93. The Morgan fingerprint density at radius 2 is 2.25 bits per heavy atom. The molecule has 0 spiro atoms. The van der Waals surface area contributed by atoms with Gasteiger partial charge in [0.05, 0.1) is 13.5 Å². The van der Waals surface area contributed by atoms with Gasteiger partial charge in [0.2, 0.25) is 0 Å². The summed E-state index contributed by atoms with van der Waals surface area (Å²) in [4.78, 5) is 10.7. The smallest absolute Gasteiger partial charge is 0.305 e. The van der Waals surface area contributed by atoms with Crippen molar-refractivity contribution in [1.29, 1.82) is 0 Å². The Hall–Kier alpha value is -1.55. The first-order valence-electron chi connectivity index (χ1n) is 5.12. The lowest BCUT2D eigenvalue weighted by Crippen LogP contribution is -2.19. The maximum Gasteiger partial charge on any atom is 0.305 e. The summed E-state index contributed by atoms with van der Waals surface area (Å²) in [7, 11) is 3.38.